The summed E-state index contributed by atoms with van der Waals surface area (Å²) in [5, 5.41) is 0. The molecule has 0 fully saturated rings. The van der Waals surface area contributed by atoms with Crippen molar-refractivity contribution in [1.82, 2.24) is 0 Å². The summed E-state index contributed by atoms with van der Waals surface area (Å²) in [6, 6.07) is 0. The van der Waals surface area contributed by atoms with Gasteiger partial charge in [0.1, 0.15) is 6.61 Å². The second kappa shape index (κ2) is 24.6. The Hall–Kier alpha value is -0.440. The minimum absolute atomic E-state index is 0.0700. The third-order valence-corrected chi connectivity index (χ3v) is 5.43. The van der Waals surface area contributed by atoms with Crippen molar-refractivity contribution in [3.63, 3.8) is 0 Å². The molecule has 0 aliphatic carbocycles. The highest BCUT2D eigenvalue weighted by molar-refractivity contribution is 7.80. The van der Waals surface area contributed by atoms with Gasteiger partial charge in [-0.3, -0.25) is 4.79 Å². The lowest BCUT2D eigenvalue weighted by molar-refractivity contribution is -0.143. The van der Waals surface area contributed by atoms with Crippen LogP contribution >= 0.6 is 12.6 Å². The number of unbranched alkanes of at least 4 members (excludes halogenated alkanes) is 16. The second-order valence-corrected chi connectivity index (χ2v) is 8.49. The van der Waals surface area contributed by atoms with E-state index in [0.717, 1.165) is 12.8 Å². The fourth-order valence-electron chi connectivity index (χ4n) is 3.46. The molecule has 0 aromatic carbocycles. The molecule has 0 aliphatic rings. The first-order chi connectivity index (χ1) is 13.8. The number of carbonyl (C=O) groups is 1. The van der Waals surface area contributed by atoms with E-state index in [0.29, 0.717) is 18.8 Å². The lowest BCUT2D eigenvalue weighted by Gasteiger charge is -2.02. The maximum absolute atomic E-state index is 11.3. The normalized spacial score (nSPS) is 11.4. The van der Waals surface area contributed by atoms with Crippen molar-refractivity contribution >= 4 is 18.6 Å². The number of rotatable bonds is 22. The molecule has 166 valence electrons. The molecule has 0 spiro atoms. The molecular formula is C25H48O2S. The number of hydrogen-bond acceptors (Lipinski definition) is 3. The van der Waals surface area contributed by atoms with Crippen molar-refractivity contribution in [1.29, 1.82) is 0 Å². The minimum atomic E-state index is -0.0700. The first kappa shape index (κ1) is 27.6. The van der Waals surface area contributed by atoms with Crippen LogP contribution in [0.3, 0.4) is 0 Å². The van der Waals surface area contributed by atoms with Crippen molar-refractivity contribution in [3.05, 3.63) is 12.2 Å². The molecule has 28 heavy (non-hydrogen) atoms. The highest BCUT2D eigenvalue weighted by atomic mass is 32.1. The Morgan fingerprint density at radius 3 is 1.57 bits per heavy atom. The molecule has 0 bridgehead atoms. The third kappa shape index (κ3) is 23.6. The van der Waals surface area contributed by atoms with Crippen molar-refractivity contribution < 1.29 is 9.53 Å². The molecule has 0 aliphatic heterocycles. The largest absolute Gasteiger partial charge is 0.465 e. The Morgan fingerprint density at radius 1 is 0.679 bits per heavy atom. The number of esters is 1. The maximum atomic E-state index is 11.3. The predicted octanol–water partition coefficient (Wildman–Crippen LogP) is 8.45. The molecule has 0 atom stereocenters. The van der Waals surface area contributed by atoms with Crippen LogP contribution in [0.5, 0.6) is 0 Å². The van der Waals surface area contributed by atoms with Gasteiger partial charge in [0.15, 0.2) is 0 Å². The summed E-state index contributed by atoms with van der Waals surface area (Å²) in [5.74, 6) is 0.540. The van der Waals surface area contributed by atoms with Crippen LogP contribution in [0.1, 0.15) is 129 Å². The van der Waals surface area contributed by atoms with Gasteiger partial charge in [0.25, 0.3) is 0 Å². The summed E-state index contributed by atoms with van der Waals surface area (Å²) in [6.45, 7) is 2.72. The Bertz CT molecular complexity index is 341. The fraction of sp³-hybridized carbons (Fsp3) is 0.880. The Kier molecular flexibility index (Phi) is 24.2. The van der Waals surface area contributed by atoms with Gasteiger partial charge in [-0.15, -0.1) is 0 Å². The van der Waals surface area contributed by atoms with Crippen molar-refractivity contribution in [2.45, 2.75) is 129 Å². The van der Waals surface area contributed by atoms with Gasteiger partial charge in [-0.2, -0.15) is 12.6 Å². The summed E-state index contributed by atoms with van der Waals surface area (Å²) in [5.41, 5.74) is 0. The van der Waals surface area contributed by atoms with E-state index in [1.54, 1.807) is 0 Å². The molecule has 0 amide bonds. The van der Waals surface area contributed by atoms with Crippen LogP contribution in [0.15, 0.2) is 12.2 Å². The SMILES string of the molecule is CCCCCCCCCCCCC/C=C/CCCCCCCC(=O)OCCS. The van der Waals surface area contributed by atoms with Crippen LogP contribution in [-0.4, -0.2) is 18.3 Å². The molecule has 0 heterocycles. The standard InChI is InChI=1S/C25H48O2S/c1-2-3-4-5-6-7-8-9-10-11-12-13-14-15-16-17-18-19-20-21-22-25(26)27-23-24-28/h14-15,28H,2-13,16-24H2,1H3/b15-14+. The molecule has 0 N–H and O–H groups in total. The molecule has 0 saturated heterocycles. The quantitative estimate of drug-likeness (QED) is 0.0835. The number of carbonyl (C=O) groups excluding carboxylic acids is 1. The molecule has 0 radical (unpaired) electrons. The van der Waals surface area contributed by atoms with Crippen LogP contribution in [0.2, 0.25) is 0 Å². The van der Waals surface area contributed by atoms with E-state index >= 15 is 0 Å². The monoisotopic (exact) mass is 412 g/mol. The van der Waals surface area contributed by atoms with Crippen molar-refractivity contribution in [2.24, 2.45) is 0 Å². The summed E-state index contributed by atoms with van der Waals surface area (Å²) in [4.78, 5) is 11.3. The van der Waals surface area contributed by atoms with E-state index in [1.165, 1.54) is 103 Å². The zero-order valence-electron chi connectivity index (χ0n) is 18.8. The van der Waals surface area contributed by atoms with Crippen LogP contribution in [0.25, 0.3) is 0 Å². The van der Waals surface area contributed by atoms with Crippen molar-refractivity contribution in [2.75, 3.05) is 12.4 Å². The topological polar surface area (TPSA) is 26.3 Å². The van der Waals surface area contributed by atoms with Crippen LogP contribution in [-0.2, 0) is 9.53 Å². The zero-order chi connectivity index (χ0) is 20.5. The van der Waals surface area contributed by atoms with Gasteiger partial charge in [-0.25, -0.2) is 0 Å². The first-order valence-electron chi connectivity index (χ1n) is 12.2. The average Bonchev–Trinajstić information content (AvgIpc) is 2.70. The van der Waals surface area contributed by atoms with Gasteiger partial charge >= 0.3 is 5.97 Å². The summed E-state index contributed by atoms with van der Waals surface area (Å²) in [7, 11) is 0. The van der Waals surface area contributed by atoms with Crippen LogP contribution in [0.4, 0.5) is 0 Å². The van der Waals surface area contributed by atoms with E-state index in [4.69, 9.17) is 4.74 Å². The Morgan fingerprint density at radius 2 is 1.11 bits per heavy atom. The molecule has 0 rings (SSSR count). The van der Waals surface area contributed by atoms with Crippen molar-refractivity contribution in [3.8, 4) is 0 Å². The molecule has 2 nitrogen and oxygen atoms in total. The van der Waals surface area contributed by atoms with E-state index in [1.807, 2.05) is 0 Å². The van der Waals surface area contributed by atoms with E-state index in [2.05, 4.69) is 31.7 Å². The van der Waals surface area contributed by atoms with E-state index in [9.17, 15) is 4.79 Å². The number of allylic oxidation sites excluding steroid dienone is 2. The Balaban J connectivity index is 3.13. The lowest BCUT2D eigenvalue weighted by Crippen LogP contribution is -2.06. The highest BCUT2D eigenvalue weighted by Crippen LogP contribution is 2.12. The zero-order valence-corrected chi connectivity index (χ0v) is 19.7. The smallest absolute Gasteiger partial charge is 0.305 e. The lowest BCUT2D eigenvalue weighted by atomic mass is 10.0. The highest BCUT2D eigenvalue weighted by Gasteiger charge is 2.01. The number of hydrogen-bond donors (Lipinski definition) is 1. The van der Waals surface area contributed by atoms with Gasteiger partial charge < -0.3 is 4.74 Å². The molecular weight excluding hydrogens is 364 g/mol. The van der Waals surface area contributed by atoms with Gasteiger partial charge in [0.2, 0.25) is 0 Å². The summed E-state index contributed by atoms with van der Waals surface area (Å²) < 4.78 is 5.01. The summed E-state index contributed by atoms with van der Waals surface area (Å²) >= 11 is 4.03. The molecule has 3 heteroatoms. The third-order valence-electron chi connectivity index (χ3n) is 5.25. The molecule has 0 unspecified atom stereocenters. The van der Waals surface area contributed by atoms with Gasteiger partial charge in [0, 0.05) is 12.2 Å². The van der Waals surface area contributed by atoms with E-state index in [-0.39, 0.29) is 5.97 Å². The first-order valence-corrected chi connectivity index (χ1v) is 12.9. The van der Waals surface area contributed by atoms with E-state index < -0.39 is 0 Å². The molecule has 0 aromatic heterocycles. The van der Waals surface area contributed by atoms with Crippen LogP contribution in [0, 0.1) is 0 Å². The van der Waals surface area contributed by atoms with Gasteiger partial charge in [0.05, 0.1) is 0 Å². The predicted molar refractivity (Wildman–Crippen MR) is 127 cm³/mol. The van der Waals surface area contributed by atoms with Gasteiger partial charge in [-0.1, -0.05) is 103 Å². The fourth-order valence-corrected chi connectivity index (χ4v) is 3.55. The molecule has 0 saturated carbocycles. The average molecular weight is 413 g/mol. The minimum Gasteiger partial charge on any atom is -0.465 e. The molecule has 0 aromatic rings. The van der Waals surface area contributed by atoms with Gasteiger partial charge in [-0.05, 0) is 32.1 Å². The summed E-state index contributed by atoms with van der Waals surface area (Å²) in [6.07, 6.45) is 29.3. The van der Waals surface area contributed by atoms with Crippen LogP contribution < -0.4 is 0 Å². The maximum Gasteiger partial charge on any atom is 0.305 e. The Labute approximate surface area is 181 Å². The number of ether oxygens (including phenoxy) is 1. The number of thiol groups is 1. The second-order valence-electron chi connectivity index (χ2n) is 8.05.